The van der Waals surface area contributed by atoms with Crippen LogP contribution in [0.2, 0.25) is 0 Å². The largest absolute Gasteiger partial charge is 0.444 e. The molecule has 4 amide bonds. The topological polar surface area (TPSA) is 131 Å². The summed E-state index contributed by atoms with van der Waals surface area (Å²) in [6, 6.07) is 4.15. The zero-order valence-electron chi connectivity index (χ0n) is 23.1. The highest BCUT2D eigenvalue weighted by molar-refractivity contribution is 5.92. The van der Waals surface area contributed by atoms with Crippen LogP contribution in [0.4, 0.5) is 4.79 Å². The Morgan fingerprint density at radius 2 is 1.65 bits per heavy atom. The van der Waals surface area contributed by atoms with Gasteiger partial charge >= 0.3 is 6.09 Å². The highest BCUT2D eigenvalue weighted by Gasteiger charge is 2.38. The van der Waals surface area contributed by atoms with Crippen LogP contribution in [-0.2, 0) is 19.1 Å². The van der Waals surface area contributed by atoms with E-state index >= 15 is 0 Å². The Labute approximate surface area is 220 Å². The van der Waals surface area contributed by atoms with Gasteiger partial charge in [0, 0.05) is 24.1 Å². The van der Waals surface area contributed by atoms with Crippen molar-refractivity contribution in [3.8, 4) is 12.3 Å². The average molecular weight is 515 g/mol. The molecule has 0 aliphatic rings. The van der Waals surface area contributed by atoms with Gasteiger partial charge in [0.2, 0.25) is 17.7 Å². The van der Waals surface area contributed by atoms with E-state index in [1.165, 1.54) is 4.90 Å². The number of benzene rings is 1. The summed E-state index contributed by atoms with van der Waals surface area (Å²) in [5, 5.41) is 5.57. The SMILES string of the molecule is C#Cc1ccc(C(C(=O)NC(C)CCC)N(C(=O)C(CCC(N)=O)NC(=O)OC(C)(C)C)C(C)C)cc1. The molecule has 3 unspecified atom stereocenters. The Morgan fingerprint density at radius 1 is 1.05 bits per heavy atom. The van der Waals surface area contributed by atoms with Crippen molar-refractivity contribution in [1.29, 1.82) is 0 Å². The van der Waals surface area contributed by atoms with Crippen molar-refractivity contribution < 1.29 is 23.9 Å². The molecule has 0 radical (unpaired) electrons. The molecule has 37 heavy (non-hydrogen) atoms. The zero-order chi connectivity index (χ0) is 28.3. The van der Waals surface area contributed by atoms with E-state index in [0.29, 0.717) is 11.1 Å². The van der Waals surface area contributed by atoms with Crippen LogP contribution in [0, 0.1) is 12.3 Å². The summed E-state index contributed by atoms with van der Waals surface area (Å²) in [6.45, 7) is 12.6. The average Bonchev–Trinajstić information content (AvgIpc) is 2.78. The molecule has 0 aromatic heterocycles. The molecule has 0 heterocycles. The Kier molecular flexibility index (Phi) is 12.1. The Balaban J connectivity index is 3.49. The molecule has 1 rings (SSSR count). The molecule has 1 aromatic carbocycles. The number of nitrogens with zero attached hydrogens (tertiary/aromatic N) is 1. The van der Waals surface area contributed by atoms with Crippen molar-refractivity contribution in [2.24, 2.45) is 5.73 Å². The van der Waals surface area contributed by atoms with Gasteiger partial charge < -0.3 is 26.0 Å². The molecule has 0 bridgehead atoms. The van der Waals surface area contributed by atoms with Gasteiger partial charge in [0.15, 0.2) is 0 Å². The molecule has 4 N–H and O–H groups in total. The second-order valence-electron chi connectivity index (χ2n) is 10.4. The van der Waals surface area contributed by atoms with Crippen LogP contribution >= 0.6 is 0 Å². The Morgan fingerprint density at radius 3 is 2.11 bits per heavy atom. The summed E-state index contributed by atoms with van der Waals surface area (Å²) in [4.78, 5) is 53.0. The minimum atomic E-state index is -1.14. The number of amides is 4. The molecule has 9 heteroatoms. The lowest BCUT2D eigenvalue weighted by Gasteiger charge is -2.37. The molecule has 0 fully saturated rings. The van der Waals surface area contributed by atoms with E-state index in [0.717, 1.165) is 12.8 Å². The molecule has 0 saturated carbocycles. The second-order valence-corrected chi connectivity index (χ2v) is 10.4. The summed E-state index contributed by atoms with van der Waals surface area (Å²) < 4.78 is 5.33. The number of hydrogen-bond donors (Lipinski definition) is 3. The predicted molar refractivity (Wildman–Crippen MR) is 143 cm³/mol. The van der Waals surface area contributed by atoms with E-state index < -0.39 is 41.6 Å². The minimum absolute atomic E-state index is 0.0484. The second kappa shape index (κ2) is 14.3. The monoisotopic (exact) mass is 514 g/mol. The lowest BCUT2D eigenvalue weighted by molar-refractivity contribution is -0.145. The van der Waals surface area contributed by atoms with Crippen molar-refractivity contribution >= 4 is 23.8 Å². The number of rotatable bonds is 12. The number of alkyl carbamates (subject to hydrolysis) is 1. The highest BCUT2D eigenvalue weighted by Crippen LogP contribution is 2.26. The molecule has 0 spiro atoms. The Bertz CT molecular complexity index is 976. The normalized spacial score (nSPS) is 13.6. The quantitative estimate of drug-likeness (QED) is 0.368. The van der Waals surface area contributed by atoms with Crippen LogP contribution in [0.5, 0.6) is 0 Å². The van der Waals surface area contributed by atoms with Gasteiger partial charge in [-0.1, -0.05) is 31.4 Å². The van der Waals surface area contributed by atoms with Gasteiger partial charge in [-0.05, 0) is 72.1 Å². The number of nitrogens with two attached hydrogens (primary N) is 1. The first-order valence-electron chi connectivity index (χ1n) is 12.7. The first-order valence-corrected chi connectivity index (χ1v) is 12.7. The van der Waals surface area contributed by atoms with Crippen molar-refractivity contribution in [3.63, 3.8) is 0 Å². The van der Waals surface area contributed by atoms with Gasteiger partial charge in [0.1, 0.15) is 17.7 Å². The van der Waals surface area contributed by atoms with Crippen LogP contribution in [0.3, 0.4) is 0 Å². The summed E-state index contributed by atoms with van der Waals surface area (Å²) in [6.07, 6.45) is 6.15. The maximum absolute atomic E-state index is 13.9. The summed E-state index contributed by atoms with van der Waals surface area (Å²) >= 11 is 0. The summed E-state index contributed by atoms with van der Waals surface area (Å²) in [5.74, 6) is 1.03. The number of carbonyl (C=O) groups excluding carboxylic acids is 4. The van der Waals surface area contributed by atoms with E-state index in [1.807, 2.05) is 13.8 Å². The van der Waals surface area contributed by atoms with Crippen molar-refractivity contribution in [1.82, 2.24) is 15.5 Å². The lowest BCUT2D eigenvalue weighted by atomic mass is 9.98. The van der Waals surface area contributed by atoms with Gasteiger partial charge in [-0.15, -0.1) is 6.42 Å². The zero-order valence-corrected chi connectivity index (χ0v) is 23.1. The molecule has 0 aliphatic carbocycles. The number of terminal acetylenes is 1. The third-order valence-corrected chi connectivity index (χ3v) is 5.51. The van der Waals surface area contributed by atoms with Gasteiger partial charge in [0.05, 0.1) is 0 Å². The standard InChI is InChI=1S/C28H42N4O5/c1-9-11-19(5)30-25(34)24(21-14-12-20(10-2)13-15-21)32(18(3)4)26(35)22(16-17-23(29)33)31-27(36)37-28(6,7)8/h2,12-15,18-19,22,24H,9,11,16-17H2,1,3-8H3,(H2,29,33)(H,30,34)(H,31,36). The van der Waals surface area contributed by atoms with E-state index in [-0.39, 0.29) is 24.8 Å². The summed E-state index contributed by atoms with van der Waals surface area (Å²) in [5.41, 5.74) is 5.73. The van der Waals surface area contributed by atoms with Crippen LogP contribution < -0.4 is 16.4 Å². The molecule has 0 aliphatic heterocycles. The predicted octanol–water partition coefficient (Wildman–Crippen LogP) is 3.41. The van der Waals surface area contributed by atoms with Crippen molar-refractivity contribution in [3.05, 3.63) is 35.4 Å². The van der Waals surface area contributed by atoms with E-state index in [2.05, 4.69) is 16.6 Å². The molecule has 9 nitrogen and oxygen atoms in total. The number of nitrogens with one attached hydrogen (secondary N) is 2. The molecule has 1 aromatic rings. The van der Waals surface area contributed by atoms with Crippen molar-refractivity contribution in [2.45, 2.75) is 104 Å². The smallest absolute Gasteiger partial charge is 0.408 e. The minimum Gasteiger partial charge on any atom is -0.444 e. The van der Waals surface area contributed by atoms with Gasteiger partial charge in [0.25, 0.3) is 0 Å². The first-order chi connectivity index (χ1) is 17.2. The van der Waals surface area contributed by atoms with Gasteiger partial charge in [-0.2, -0.15) is 0 Å². The molecular formula is C28H42N4O5. The van der Waals surface area contributed by atoms with Crippen LogP contribution in [0.15, 0.2) is 24.3 Å². The van der Waals surface area contributed by atoms with Crippen molar-refractivity contribution in [2.75, 3.05) is 0 Å². The number of primary amides is 1. The fraction of sp³-hybridized carbons (Fsp3) is 0.571. The molecular weight excluding hydrogens is 472 g/mol. The van der Waals surface area contributed by atoms with E-state index in [4.69, 9.17) is 16.9 Å². The number of ether oxygens (including phenoxy) is 1. The maximum atomic E-state index is 13.9. The third kappa shape index (κ3) is 10.5. The highest BCUT2D eigenvalue weighted by atomic mass is 16.6. The number of hydrogen-bond acceptors (Lipinski definition) is 5. The first kappa shape index (κ1) is 31.5. The number of carbonyl (C=O) groups is 4. The van der Waals surface area contributed by atoms with Crippen LogP contribution in [-0.4, -0.2) is 52.4 Å². The Hall–Kier alpha value is -3.54. The van der Waals surface area contributed by atoms with Gasteiger partial charge in [-0.25, -0.2) is 4.79 Å². The lowest BCUT2D eigenvalue weighted by Crippen LogP contribution is -2.55. The fourth-order valence-electron chi connectivity index (χ4n) is 3.88. The van der Waals surface area contributed by atoms with Crippen LogP contribution in [0.25, 0.3) is 0 Å². The molecule has 0 saturated heterocycles. The van der Waals surface area contributed by atoms with Crippen LogP contribution in [0.1, 0.15) is 91.3 Å². The third-order valence-electron chi connectivity index (χ3n) is 5.51. The maximum Gasteiger partial charge on any atom is 0.408 e. The fourth-order valence-corrected chi connectivity index (χ4v) is 3.88. The molecule has 204 valence electrons. The molecule has 3 atom stereocenters. The van der Waals surface area contributed by atoms with Gasteiger partial charge in [-0.3, -0.25) is 14.4 Å². The summed E-state index contributed by atoms with van der Waals surface area (Å²) in [7, 11) is 0. The van der Waals surface area contributed by atoms with E-state index in [1.54, 1.807) is 58.9 Å². The van der Waals surface area contributed by atoms with E-state index in [9.17, 15) is 19.2 Å².